The number of amides is 1. The summed E-state index contributed by atoms with van der Waals surface area (Å²) < 4.78 is 0. The fraction of sp³-hybridized carbons (Fsp3) is 0.688. The maximum atomic E-state index is 12.5. The van der Waals surface area contributed by atoms with Crippen LogP contribution < -0.4 is 4.90 Å². The molecule has 5 nitrogen and oxygen atoms in total. The minimum atomic E-state index is 0.282. The van der Waals surface area contributed by atoms with Gasteiger partial charge in [0, 0.05) is 32.1 Å². The van der Waals surface area contributed by atoms with Crippen LogP contribution in [0.25, 0.3) is 0 Å². The molecule has 5 heteroatoms. The average molecular weight is 288 g/mol. The van der Waals surface area contributed by atoms with Gasteiger partial charge in [0.2, 0.25) is 5.91 Å². The van der Waals surface area contributed by atoms with Crippen LogP contribution >= 0.6 is 0 Å². The summed E-state index contributed by atoms with van der Waals surface area (Å²) in [5, 5.41) is 8.34. The summed E-state index contributed by atoms with van der Waals surface area (Å²) in [5.74, 6) is 1.58. The number of carbonyl (C=O) groups excluding carboxylic acids is 1. The fourth-order valence-electron chi connectivity index (χ4n) is 3.32. The van der Waals surface area contributed by atoms with Crippen molar-refractivity contribution in [1.29, 1.82) is 0 Å². The standard InChI is InChI=1S/C16H24N4O/c1-13-7-8-15(18-17-13)19-9-11-20(12-10-19)16(21)14-5-3-2-4-6-14/h7-8,14H,2-6,9-12H2,1H3. The molecular formula is C16H24N4O. The second kappa shape index (κ2) is 6.41. The molecule has 1 aromatic heterocycles. The number of hydrogen-bond acceptors (Lipinski definition) is 4. The van der Waals surface area contributed by atoms with Gasteiger partial charge in [-0.2, -0.15) is 5.10 Å². The molecule has 1 amide bonds. The predicted octanol–water partition coefficient (Wildman–Crippen LogP) is 2.01. The summed E-state index contributed by atoms with van der Waals surface area (Å²) in [6.45, 7) is 5.28. The van der Waals surface area contributed by atoms with Crippen LogP contribution in [-0.4, -0.2) is 47.2 Å². The third kappa shape index (κ3) is 3.34. The third-order valence-electron chi connectivity index (χ3n) is 4.65. The van der Waals surface area contributed by atoms with Gasteiger partial charge in [0.1, 0.15) is 0 Å². The lowest BCUT2D eigenvalue weighted by molar-refractivity contribution is -0.136. The molecule has 3 rings (SSSR count). The highest BCUT2D eigenvalue weighted by Gasteiger charge is 2.28. The van der Waals surface area contributed by atoms with Crippen LogP contribution in [0.3, 0.4) is 0 Å². The molecule has 2 fully saturated rings. The van der Waals surface area contributed by atoms with E-state index in [-0.39, 0.29) is 5.92 Å². The molecule has 0 N–H and O–H groups in total. The highest BCUT2D eigenvalue weighted by molar-refractivity contribution is 5.79. The zero-order valence-corrected chi connectivity index (χ0v) is 12.8. The van der Waals surface area contributed by atoms with Gasteiger partial charge >= 0.3 is 0 Å². The highest BCUT2D eigenvalue weighted by Crippen LogP contribution is 2.26. The van der Waals surface area contributed by atoms with Crippen molar-refractivity contribution in [1.82, 2.24) is 15.1 Å². The first kappa shape index (κ1) is 14.3. The van der Waals surface area contributed by atoms with E-state index in [4.69, 9.17) is 0 Å². The minimum absolute atomic E-state index is 0.282. The highest BCUT2D eigenvalue weighted by atomic mass is 16.2. The van der Waals surface area contributed by atoms with Crippen LogP contribution in [0.15, 0.2) is 12.1 Å². The Bertz CT molecular complexity index is 474. The lowest BCUT2D eigenvalue weighted by Gasteiger charge is -2.37. The van der Waals surface area contributed by atoms with Gasteiger partial charge < -0.3 is 9.80 Å². The first-order valence-corrected chi connectivity index (χ1v) is 8.08. The molecular weight excluding hydrogens is 264 g/mol. The van der Waals surface area contributed by atoms with E-state index in [1.807, 2.05) is 24.0 Å². The molecule has 1 aliphatic heterocycles. The van der Waals surface area contributed by atoms with Crippen molar-refractivity contribution in [2.45, 2.75) is 39.0 Å². The monoisotopic (exact) mass is 288 g/mol. The van der Waals surface area contributed by atoms with Gasteiger partial charge in [-0.05, 0) is 31.9 Å². The molecule has 0 aromatic carbocycles. The number of aromatic nitrogens is 2. The van der Waals surface area contributed by atoms with E-state index in [2.05, 4.69) is 15.1 Å². The van der Waals surface area contributed by atoms with E-state index in [0.29, 0.717) is 5.91 Å². The lowest BCUT2D eigenvalue weighted by Crippen LogP contribution is -2.50. The Morgan fingerprint density at radius 1 is 1.05 bits per heavy atom. The van der Waals surface area contributed by atoms with Crippen LogP contribution in [-0.2, 0) is 4.79 Å². The molecule has 2 heterocycles. The first-order valence-electron chi connectivity index (χ1n) is 8.08. The Balaban J connectivity index is 1.54. The van der Waals surface area contributed by atoms with Gasteiger partial charge in [0.15, 0.2) is 5.82 Å². The van der Waals surface area contributed by atoms with Gasteiger partial charge in [-0.25, -0.2) is 0 Å². The van der Waals surface area contributed by atoms with E-state index in [0.717, 1.165) is 50.5 Å². The zero-order valence-electron chi connectivity index (χ0n) is 12.8. The number of piperazine rings is 1. The molecule has 1 saturated carbocycles. The maximum Gasteiger partial charge on any atom is 0.225 e. The normalized spacial score (nSPS) is 20.6. The summed E-state index contributed by atoms with van der Waals surface area (Å²) >= 11 is 0. The second-order valence-corrected chi connectivity index (χ2v) is 6.18. The third-order valence-corrected chi connectivity index (χ3v) is 4.65. The van der Waals surface area contributed by atoms with Crippen molar-refractivity contribution in [3.63, 3.8) is 0 Å². The molecule has 0 spiro atoms. The van der Waals surface area contributed by atoms with Crippen LogP contribution in [0, 0.1) is 12.8 Å². The smallest absolute Gasteiger partial charge is 0.225 e. The summed E-state index contributed by atoms with van der Waals surface area (Å²) in [7, 11) is 0. The Kier molecular flexibility index (Phi) is 4.36. The van der Waals surface area contributed by atoms with E-state index in [1.165, 1.54) is 19.3 Å². The Labute approximate surface area is 126 Å². The summed E-state index contributed by atoms with van der Waals surface area (Å²) in [5.41, 5.74) is 0.935. The first-order chi connectivity index (χ1) is 10.2. The summed E-state index contributed by atoms with van der Waals surface area (Å²) in [6, 6.07) is 4.00. The molecule has 1 aromatic rings. The van der Waals surface area contributed by atoms with Crippen molar-refractivity contribution < 1.29 is 4.79 Å². The summed E-state index contributed by atoms with van der Waals surface area (Å²) in [6.07, 6.45) is 5.90. The minimum Gasteiger partial charge on any atom is -0.352 e. The molecule has 114 valence electrons. The Morgan fingerprint density at radius 2 is 1.76 bits per heavy atom. The van der Waals surface area contributed by atoms with E-state index in [9.17, 15) is 4.79 Å². The Morgan fingerprint density at radius 3 is 2.38 bits per heavy atom. The Hall–Kier alpha value is -1.65. The van der Waals surface area contributed by atoms with Crippen molar-refractivity contribution in [3.05, 3.63) is 17.8 Å². The van der Waals surface area contributed by atoms with Crippen molar-refractivity contribution in [2.24, 2.45) is 5.92 Å². The van der Waals surface area contributed by atoms with Gasteiger partial charge in [-0.15, -0.1) is 5.10 Å². The number of nitrogens with zero attached hydrogens (tertiary/aromatic N) is 4. The van der Waals surface area contributed by atoms with Gasteiger partial charge in [0.25, 0.3) is 0 Å². The SMILES string of the molecule is Cc1ccc(N2CCN(C(=O)C3CCCCC3)CC2)nn1. The van der Waals surface area contributed by atoms with Gasteiger partial charge in [-0.3, -0.25) is 4.79 Å². The largest absolute Gasteiger partial charge is 0.352 e. The van der Waals surface area contributed by atoms with Gasteiger partial charge in [0.05, 0.1) is 5.69 Å². The molecule has 0 atom stereocenters. The maximum absolute atomic E-state index is 12.5. The predicted molar refractivity (Wildman–Crippen MR) is 82.1 cm³/mol. The number of carbonyl (C=O) groups is 1. The second-order valence-electron chi connectivity index (χ2n) is 6.18. The fourth-order valence-corrected chi connectivity index (χ4v) is 3.32. The number of rotatable bonds is 2. The molecule has 2 aliphatic rings. The molecule has 1 aliphatic carbocycles. The van der Waals surface area contributed by atoms with E-state index >= 15 is 0 Å². The zero-order chi connectivity index (χ0) is 14.7. The molecule has 0 bridgehead atoms. The molecule has 21 heavy (non-hydrogen) atoms. The quantitative estimate of drug-likeness (QED) is 0.835. The van der Waals surface area contributed by atoms with E-state index in [1.54, 1.807) is 0 Å². The lowest BCUT2D eigenvalue weighted by atomic mass is 9.88. The van der Waals surface area contributed by atoms with Gasteiger partial charge in [-0.1, -0.05) is 19.3 Å². The van der Waals surface area contributed by atoms with Crippen LogP contribution in [0.2, 0.25) is 0 Å². The van der Waals surface area contributed by atoms with Crippen LogP contribution in [0.4, 0.5) is 5.82 Å². The van der Waals surface area contributed by atoms with Crippen molar-refractivity contribution >= 4 is 11.7 Å². The van der Waals surface area contributed by atoms with Crippen LogP contribution in [0.1, 0.15) is 37.8 Å². The molecule has 1 saturated heterocycles. The van der Waals surface area contributed by atoms with Crippen LogP contribution in [0.5, 0.6) is 0 Å². The average Bonchev–Trinajstić information content (AvgIpc) is 2.56. The molecule has 0 unspecified atom stereocenters. The number of aryl methyl sites for hydroxylation is 1. The molecule has 0 radical (unpaired) electrons. The van der Waals surface area contributed by atoms with Crippen molar-refractivity contribution in [2.75, 3.05) is 31.1 Å². The number of anilines is 1. The topological polar surface area (TPSA) is 49.3 Å². The van der Waals surface area contributed by atoms with Crippen molar-refractivity contribution in [3.8, 4) is 0 Å². The summed E-state index contributed by atoms with van der Waals surface area (Å²) in [4.78, 5) is 16.8. The van der Waals surface area contributed by atoms with E-state index < -0.39 is 0 Å². The number of hydrogen-bond donors (Lipinski definition) is 0.